The maximum atomic E-state index is 13.3. The van der Waals surface area contributed by atoms with E-state index in [4.69, 9.17) is 4.74 Å². The average Bonchev–Trinajstić information content (AvgIpc) is 2.87. The highest BCUT2D eigenvalue weighted by Crippen LogP contribution is 2.50. The van der Waals surface area contributed by atoms with Crippen molar-refractivity contribution in [2.24, 2.45) is 11.3 Å². The highest BCUT2D eigenvalue weighted by atomic mass is 16.5. The molecule has 0 bridgehead atoms. The third-order valence-corrected chi connectivity index (χ3v) is 5.98. The zero-order valence-electron chi connectivity index (χ0n) is 17.4. The van der Waals surface area contributed by atoms with Crippen molar-refractivity contribution in [1.82, 2.24) is 0 Å². The van der Waals surface area contributed by atoms with Crippen molar-refractivity contribution in [1.29, 1.82) is 0 Å². The van der Waals surface area contributed by atoms with Gasteiger partial charge < -0.3 is 14.5 Å². The van der Waals surface area contributed by atoms with E-state index in [0.29, 0.717) is 5.56 Å². The number of hydrogen-bond acceptors (Lipinski definition) is 4. The molecule has 5 heteroatoms. The molecule has 0 aromatic heterocycles. The number of esters is 1. The van der Waals surface area contributed by atoms with Gasteiger partial charge in [-0.1, -0.05) is 32.9 Å². The summed E-state index contributed by atoms with van der Waals surface area (Å²) in [6, 6.07) is 15.3. The number of carbonyl (C=O) groups is 2. The molecule has 0 saturated carbocycles. The number of methoxy groups -OCH3 is 1. The molecule has 28 heavy (non-hydrogen) atoms. The summed E-state index contributed by atoms with van der Waals surface area (Å²) in [6.07, 6.45) is 0. The van der Waals surface area contributed by atoms with Crippen molar-refractivity contribution >= 4 is 23.3 Å². The van der Waals surface area contributed by atoms with Crippen molar-refractivity contribution < 1.29 is 14.3 Å². The SMILES string of the molecule is COC(=O)c1ccc(N2C(=O)C(C)(C)[C@@H](C)[C@@H]2c2ccc(N(C)C)cc2)cc1. The van der Waals surface area contributed by atoms with Gasteiger partial charge in [0.25, 0.3) is 0 Å². The van der Waals surface area contributed by atoms with Gasteiger partial charge in [0.05, 0.1) is 18.7 Å². The van der Waals surface area contributed by atoms with Crippen LogP contribution in [0.3, 0.4) is 0 Å². The van der Waals surface area contributed by atoms with Crippen molar-refractivity contribution in [3.8, 4) is 0 Å². The summed E-state index contributed by atoms with van der Waals surface area (Å²) >= 11 is 0. The molecule has 1 amide bonds. The molecular formula is C23H28N2O3. The molecule has 0 spiro atoms. The first-order chi connectivity index (χ1) is 13.2. The third-order valence-electron chi connectivity index (χ3n) is 5.98. The Morgan fingerprint density at radius 2 is 1.61 bits per heavy atom. The summed E-state index contributed by atoms with van der Waals surface area (Å²) < 4.78 is 4.77. The molecule has 0 N–H and O–H groups in total. The van der Waals surface area contributed by atoms with Crippen LogP contribution < -0.4 is 9.80 Å². The lowest BCUT2D eigenvalue weighted by Gasteiger charge is -2.28. The van der Waals surface area contributed by atoms with Crippen molar-refractivity contribution in [2.75, 3.05) is 31.0 Å². The van der Waals surface area contributed by atoms with Crippen LogP contribution >= 0.6 is 0 Å². The van der Waals surface area contributed by atoms with Gasteiger partial charge in [0, 0.05) is 30.9 Å². The maximum absolute atomic E-state index is 13.3. The highest BCUT2D eigenvalue weighted by molar-refractivity contribution is 6.01. The van der Waals surface area contributed by atoms with Crippen molar-refractivity contribution in [3.63, 3.8) is 0 Å². The van der Waals surface area contributed by atoms with Crippen LogP contribution in [0.5, 0.6) is 0 Å². The maximum Gasteiger partial charge on any atom is 0.337 e. The Balaban J connectivity index is 2.03. The van der Waals surface area contributed by atoms with Gasteiger partial charge >= 0.3 is 5.97 Å². The van der Waals surface area contributed by atoms with E-state index in [2.05, 4.69) is 36.1 Å². The van der Waals surface area contributed by atoms with Crippen LogP contribution in [0, 0.1) is 11.3 Å². The number of carbonyl (C=O) groups excluding carboxylic acids is 2. The molecular weight excluding hydrogens is 352 g/mol. The van der Waals surface area contributed by atoms with E-state index in [1.165, 1.54) is 7.11 Å². The van der Waals surface area contributed by atoms with E-state index in [-0.39, 0.29) is 23.8 Å². The molecule has 5 nitrogen and oxygen atoms in total. The third kappa shape index (κ3) is 3.26. The van der Waals surface area contributed by atoms with Crippen LogP contribution in [0.4, 0.5) is 11.4 Å². The Morgan fingerprint density at radius 1 is 1.04 bits per heavy atom. The number of hydrogen-bond donors (Lipinski definition) is 0. The molecule has 1 fully saturated rings. The summed E-state index contributed by atoms with van der Waals surface area (Å²) in [5, 5.41) is 0. The molecule has 0 unspecified atom stereocenters. The molecule has 1 aliphatic heterocycles. The predicted octanol–water partition coefficient (Wildman–Crippen LogP) is 4.29. The second kappa shape index (κ2) is 7.30. The standard InChI is InChI=1S/C23H28N2O3/c1-15-20(16-7-11-18(12-8-16)24(4)5)25(22(27)23(15,2)3)19-13-9-17(10-14-19)21(26)28-6/h7-15,20H,1-6H3/t15-,20+/m0/s1. The molecule has 1 saturated heterocycles. The highest BCUT2D eigenvalue weighted by Gasteiger charge is 2.52. The Hall–Kier alpha value is -2.82. The molecule has 1 heterocycles. The number of anilines is 2. The first kappa shape index (κ1) is 19.9. The zero-order chi connectivity index (χ0) is 20.6. The monoisotopic (exact) mass is 380 g/mol. The van der Waals surface area contributed by atoms with Gasteiger partial charge in [0.15, 0.2) is 0 Å². The minimum absolute atomic E-state index is 0.0670. The van der Waals surface area contributed by atoms with Gasteiger partial charge in [-0.3, -0.25) is 4.79 Å². The van der Waals surface area contributed by atoms with Crippen LogP contribution in [-0.2, 0) is 9.53 Å². The van der Waals surface area contributed by atoms with Gasteiger partial charge in [-0.2, -0.15) is 0 Å². The van der Waals surface area contributed by atoms with Gasteiger partial charge in [0.1, 0.15) is 0 Å². The minimum atomic E-state index is -0.480. The first-order valence-electron chi connectivity index (χ1n) is 9.47. The average molecular weight is 380 g/mol. The lowest BCUT2D eigenvalue weighted by Crippen LogP contribution is -2.32. The molecule has 148 valence electrons. The first-order valence-corrected chi connectivity index (χ1v) is 9.47. The fraction of sp³-hybridized carbons (Fsp3) is 0.391. The topological polar surface area (TPSA) is 49.9 Å². The Bertz CT molecular complexity index is 870. The van der Waals surface area contributed by atoms with Gasteiger partial charge in [-0.25, -0.2) is 4.79 Å². The number of rotatable bonds is 4. The van der Waals surface area contributed by atoms with Gasteiger partial charge in [0.2, 0.25) is 5.91 Å². The van der Waals surface area contributed by atoms with Gasteiger partial charge in [-0.05, 0) is 47.9 Å². The smallest absolute Gasteiger partial charge is 0.337 e. The summed E-state index contributed by atoms with van der Waals surface area (Å²) in [5.74, 6) is -0.165. The fourth-order valence-corrected chi connectivity index (χ4v) is 3.81. The van der Waals surface area contributed by atoms with E-state index in [0.717, 1.165) is 16.9 Å². The van der Waals surface area contributed by atoms with E-state index < -0.39 is 5.41 Å². The Morgan fingerprint density at radius 3 is 2.11 bits per heavy atom. The Labute approximate surface area is 166 Å². The number of nitrogens with zero attached hydrogens (tertiary/aromatic N) is 2. The molecule has 1 aliphatic rings. The largest absolute Gasteiger partial charge is 0.465 e. The zero-order valence-corrected chi connectivity index (χ0v) is 17.4. The quantitative estimate of drug-likeness (QED) is 0.743. The molecule has 2 aromatic carbocycles. The lowest BCUT2D eigenvalue weighted by molar-refractivity contribution is -0.125. The summed E-state index contributed by atoms with van der Waals surface area (Å²) in [4.78, 5) is 29.0. The molecule has 3 rings (SSSR count). The number of ether oxygens (including phenoxy) is 1. The lowest BCUT2D eigenvalue weighted by atomic mass is 9.78. The summed E-state index contributed by atoms with van der Waals surface area (Å²) in [5.41, 5.74) is 3.00. The van der Waals surface area contributed by atoms with E-state index in [1.807, 2.05) is 45.0 Å². The molecule has 2 aromatic rings. The summed E-state index contributed by atoms with van der Waals surface area (Å²) in [6.45, 7) is 6.14. The minimum Gasteiger partial charge on any atom is -0.465 e. The van der Waals surface area contributed by atoms with E-state index in [9.17, 15) is 9.59 Å². The molecule has 0 aliphatic carbocycles. The predicted molar refractivity (Wildman–Crippen MR) is 112 cm³/mol. The summed E-state index contributed by atoms with van der Waals surface area (Å²) in [7, 11) is 5.38. The van der Waals surface area contributed by atoms with Crippen LogP contribution in [0.1, 0.15) is 42.7 Å². The number of benzene rings is 2. The fourth-order valence-electron chi connectivity index (χ4n) is 3.81. The molecule has 2 atom stereocenters. The Kier molecular flexibility index (Phi) is 5.20. The van der Waals surface area contributed by atoms with E-state index in [1.54, 1.807) is 12.1 Å². The van der Waals surface area contributed by atoms with Crippen LogP contribution in [-0.4, -0.2) is 33.1 Å². The van der Waals surface area contributed by atoms with Crippen molar-refractivity contribution in [3.05, 3.63) is 59.7 Å². The van der Waals surface area contributed by atoms with E-state index >= 15 is 0 Å². The van der Waals surface area contributed by atoms with Gasteiger partial charge in [-0.15, -0.1) is 0 Å². The van der Waals surface area contributed by atoms with Crippen LogP contribution in [0.2, 0.25) is 0 Å². The van der Waals surface area contributed by atoms with Crippen LogP contribution in [0.25, 0.3) is 0 Å². The second-order valence-corrected chi connectivity index (χ2v) is 8.15. The van der Waals surface area contributed by atoms with Crippen molar-refractivity contribution in [2.45, 2.75) is 26.8 Å². The normalized spacial score (nSPS) is 20.9. The second-order valence-electron chi connectivity index (χ2n) is 8.15. The number of amides is 1. The van der Waals surface area contributed by atoms with Crippen LogP contribution in [0.15, 0.2) is 48.5 Å². The molecule has 0 radical (unpaired) electrons.